The van der Waals surface area contributed by atoms with Gasteiger partial charge >= 0.3 is 5.97 Å². The number of rotatable bonds is 10. The Bertz CT molecular complexity index is 458. The van der Waals surface area contributed by atoms with Crippen molar-refractivity contribution < 1.29 is 14.3 Å². The Hall–Kier alpha value is -1.79. The summed E-state index contributed by atoms with van der Waals surface area (Å²) in [7, 11) is 1.86. The van der Waals surface area contributed by atoms with Gasteiger partial charge in [-0.1, -0.05) is 0 Å². The van der Waals surface area contributed by atoms with Gasteiger partial charge in [-0.25, -0.2) is 0 Å². The summed E-state index contributed by atoms with van der Waals surface area (Å²) in [4.78, 5) is 32.3. The van der Waals surface area contributed by atoms with Crippen LogP contribution >= 0.6 is 0 Å². The lowest BCUT2D eigenvalue weighted by Crippen LogP contribution is -2.45. The molecule has 7 heteroatoms. The summed E-state index contributed by atoms with van der Waals surface area (Å²) in [5, 5.41) is 3.20. The predicted octanol–water partition coefficient (Wildman–Crippen LogP) is 2.02. The molecule has 7 nitrogen and oxygen atoms in total. The molecule has 0 saturated heterocycles. The van der Waals surface area contributed by atoms with E-state index in [2.05, 4.69) is 10.3 Å². The van der Waals surface area contributed by atoms with Gasteiger partial charge in [-0.2, -0.15) is 0 Å². The van der Waals surface area contributed by atoms with Crippen LogP contribution in [0, 0.1) is 0 Å². The van der Waals surface area contributed by atoms with E-state index in [-0.39, 0.29) is 24.5 Å². The summed E-state index contributed by atoms with van der Waals surface area (Å²) in [5.74, 6) is 0.655. The molecule has 1 aliphatic carbocycles. The lowest BCUT2D eigenvalue weighted by molar-refractivity contribution is -0.148. The molecule has 0 unspecified atom stereocenters. The summed E-state index contributed by atoms with van der Waals surface area (Å²) in [6.45, 7) is 8.92. The van der Waals surface area contributed by atoms with Crippen molar-refractivity contribution in [3.05, 3.63) is 0 Å². The first-order valence-corrected chi connectivity index (χ1v) is 9.98. The van der Waals surface area contributed by atoms with Crippen LogP contribution in [0.5, 0.6) is 0 Å². The molecule has 0 spiro atoms. The number of nitrogens with one attached hydrogen (secondary N) is 1. The minimum atomic E-state index is -0.123. The summed E-state index contributed by atoms with van der Waals surface area (Å²) in [6, 6.07) is 0. The van der Waals surface area contributed by atoms with E-state index >= 15 is 0 Å². The average molecular weight is 369 g/mol. The van der Waals surface area contributed by atoms with E-state index in [0.717, 1.165) is 32.2 Å². The van der Waals surface area contributed by atoms with Gasteiger partial charge in [-0.15, -0.1) is 0 Å². The van der Waals surface area contributed by atoms with E-state index in [9.17, 15) is 9.59 Å². The van der Waals surface area contributed by atoms with Crippen molar-refractivity contribution in [2.24, 2.45) is 4.99 Å². The van der Waals surface area contributed by atoms with Gasteiger partial charge in [0.05, 0.1) is 6.54 Å². The first-order chi connectivity index (χ1) is 12.5. The molecule has 0 bridgehead atoms. The molecule has 0 aromatic carbocycles. The van der Waals surface area contributed by atoms with Crippen molar-refractivity contribution in [1.29, 1.82) is 0 Å². The quantitative estimate of drug-likeness (QED) is 0.276. The molecule has 0 aromatic heterocycles. The number of carbonyl (C=O) groups excluding carboxylic acids is 2. The van der Waals surface area contributed by atoms with Gasteiger partial charge < -0.3 is 19.9 Å². The van der Waals surface area contributed by atoms with Gasteiger partial charge in [0.25, 0.3) is 0 Å². The number of esters is 1. The van der Waals surface area contributed by atoms with E-state index in [1.807, 2.05) is 32.7 Å². The van der Waals surface area contributed by atoms with Crippen LogP contribution < -0.4 is 5.32 Å². The number of amides is 1. The van der Waals surface area contributed by atoms with Crippen molar-refractivity contribution in [1.82, 2.24) is 15.1 Å². The van der Waals surface area contributed by atoms with Crippen LogP contribution in [0.2, 0.25) is 0 Å². The zero-order chi connectivity index (χ0) is 19.4. The Morgan fingerprint density at radius 1 is 1.15 bits per heavy atom. The molecule has 0 radical (unpaired) electrons. The molecule has 1 amide bonds. The second-order valence-electron chi connectivity index (χ2n) is 6.66. The van der Waals surface area contributed by atoms with E-state index in [0.29, 0.717) is 38.4 Å². The Balaban J connectivity index is 2.41. The second kappa shape index (κ2) is 12.5. The molecule has 26 heavy (non-hydrogen) atoms. The van der Waals surface area contributed by atoms with Crippen molar-refractivity contribution in [3.63, 3.8) is 0 Å². The van der Waals surface area contributed by atoms with Crippen LogP contribution in [0.1, 0.15) is 59.3 Å². The molecule has 1 rings (SSSR count). The normalized spacial score (nSPS) is 15.0. The molecule has 0 aliphatic heterocycles. The zero-order valence-electron chi connectivity index (χ0n) is 16.9. The molecule has 1 saturated carbocycles. The number of hydrogen-bond acceptors (Lipinski definition) is 4. The standard InChI is InChI=1S/C19H36N4O3/c1-5-20-19(22(4)15-17(24)23(6-2)7-3)21-14-10-13-18(25)26-16-11-8-9-12-16/h16H,5-15H2,1-4H3,(H,20,21). The number of guanidine groups is 1. The Kier molecular flexibility index (Phi) is 10.7. The lowest BCUT2D eigenvalue weighted by atomic mass is 10.3. The molecular weight excluding hydrogens is 332 g/mol. The first-order valence-electron chi connectivity index (χ1n) is 9.98. The van der Waals surface area contributed by atoms with Gasteiger partial charge in [0.1, 0.15) is 6.10 Å². The van der Waals surface area contributed by atoms with Crippen molar-refractivity contribution in [2.75, 3.05) is 39.8 Å². The smallest absolute Gasteiger partial charge is 0.306 e. The highest BCUT2D eigenvalue weighted by atomic mass is 16.5. The number of ether oxygens (including phenoxy) is 1. The van der Waals surface area contributed by atoms with Gasteiger partial charge in [-0.05, 0) is 52.9 Å². The number of likely N-dealkylation sites (N-methyl/N-ethyl adjacent to an activating group) is 2. The van der Waals surface area contributed by atoms with Gasteiger partial charge in [0, 0.05) is 39.6 Å². The number of hydrogen-bond donors (Lipinski definition) is 1. The highest BCUT2D eigenvalue weighted by molar-refractivity contribution is 5.86. The van der Waals surface area contributed by atoms with Crippen molar-refractivity contribution in [3.8, 4) is 0 Å². The number of aliphatic imine (C=N–C) groups is 1. The summed E-state index contributed by atoms with van der Waals surface area (Å²) in [6.07, 6.45) is 5.49. The minimum Gasteiger partial charge on any atom is -0.462 e. The largest absolute Gasteiger partial charge is 0.462 e. The van der Waals surface area contributed by atoms with Gasteiger partial charge in [0.15, 0.2) is 5.96 Å². The van der Waals surface area contributed by atoms with Crippen LogP contribution in [-0.2, 0) is 14.3 Å². The fourth-order valence-corrected chi connectivity index (χ4v) is 3.08. The van der Waals surface area contributed by atoms with E-state index in [1.54, 1.807) is 4.90 Å². The summed E-state index contributed by atoms with van der Waals surface area (Å²) >= 11 is 0. The van der Waals surface area contributed by atoms with E-state index in [4.69, 9.17) is 4.74 Å². The molecule has 1 aliphatic rings. The van der Waals surface area contributed by atoms with Crippen LogP contribution in [0.4, 0.5) is 0 Å². The fraction of sp³-hybridized carbons (Fsp3) is 0.842. The average Bonchev–Trinajstić information content (AvgIpc) is 3.11. The second-order valence-corrected chi connectivity index (χ2v) is 6.66. The number of nitrogens with zero attached hydrogens (tertiary/aromatic N) is 3. The van der Waals surface area contributed by atoms with Gasteiger partial charge in [0.2, 0.25) is 5.91 Å². The van der Waals surface area contributed by atoms with Crippen molar-refractivity contribution in [2.45, 2.75) is 65.4 Å². The third kappa shape index (κ3) is 8.06. The lowest BCUT2D eigenvalue weighted by Gasteiger charge is -2.25. The molecule has 1 N–H and O–H groups in total. The number of carbonyl (C=O) groups is 2. The Labute approximate surface area is 158 Å². The molecule has 0 aromatic rings. The van der Waals surface area contributed by atoms with Crippen LogP contribution in [-0.4, -0.2) is 73.5 Å². The maximum Gasteiger partial charge on any atom is 0.306 e. The molecule has 150 valence electrons. The van der Waals surface area contributed by atoms with Gasteiger partial charge in [-0.3, -0.25) is 14.6 Å². The summed E-state index contributed by atoms with van der Waals surface area (Å²) in [5.41, 5.74) is 0. The maximum atomic E-state index is 12.2. The third-order valence-electron chi connectivity index (χ3n) is 4.59. The van der Waals surface area contributed by atoms with Crippen molar-refractivity contribution >= 4 is 17.8 Å². The molecule has 0 heterocycles. The third-order valence-corrected chi connectivity index (χ3v) is 4.59. The Morgan fingerprint density at radius 2 is 1.81 bits per heavy atom. The van der Waals surface area contributed by atoms with Crippen LogP contribution in [0.3, 0.4) is 0 Å². The SMILES string of the molecule is CCNC(=NCCCC(=O)OC1CCCC1)N(C)CC(=O)N(CC)CC. The zero-order valence-corrected chi connectivity index (χ0v) is 16.9. The molecule has 1 fully saturated rings. The van der Waals surface area contributed by atoms with Crippen LogP contribution in [0.25, 0.3) is 0 Å². The molecular formula is C19H36N4O3. The highest BCUT2D eigenvalue weighted by Gasteiger charge is 2.19. The fourth-order valence-electron chi connectivity index (χ4n) is 3.08. The minimum absolute atomic E-state index is 0.0863. The topological polar surface area (TPSA) is 74.2 Å². The monoisotopic (exact) mass is 368 g/mol. The highest BCUT2D eigenvalue weighted by Crippen LogP contribution is 2.21. The Morgan fingerprint density at radius 3 is 2.38 bits per heavy atom. The van der Waals surface area contributed by atoms with E-state index in [1.165, 1.54) is 0 Å². The predicted molar refractivity (Wildman–Crippen MR) is 104 cm³/mol. The first kappa shape index (κ1) is 22.3. The van der Waals surface area contributed by atoms with Crippen LogP contribution in [0.15, 0.2) is 4.99 Å². The summed E-state index contributed by atoms with van der Waals surface area (Å²) < 4.78 is 5.45. The van der Waals surface area contributed by atoms with E-state index < -0.39 is 0 Å². The molecule has 0 atom stereocenters. The maximum absolute atomic E-state index is 12.2.